The van der Waals surface area contributed by atoms with Crippen LogP contribution in [0, 0.1) is 0 Å². The maximum absolute atomic E-state index is 5.63. The summed E-state index contributed by atoms with van der Waals surface area (Å²) >= 11 is 1.68. The van der Waals surface area contributed by atoms with E-state index in [2.05, 4.69) is 43.1 Å². The first-order valence-electron chi connectivity index (χ1n) is 4.69. The molecule has 1 heterocycles. The Kier molecular flexibility index (Phi) is 2.37. The SMILES string of the molecule is CC1(C)N=C(CN)Sc2ccccc21. The molecule has 1 aromatic rings. The van der Waals surface area contributed by atoms with Gasteiger partial charge in [-0.25, -0.2) is 0 Å². The van der Waals surface area contributed by atoms with Crippen molar-refractivity contribution in [1.82, 2.24) is 0 Å². The Morgan fingerprint density at radius 2 is 2.07 bits per heavy atom. The molecule has 0 aliphatic carbocycles. The van der Waals surface area contributed by atoms with Crippen LogP contribution in [0.4, 0.5) is 0 Å². The van der Waals surface area contributed by atoms with Gasteiger partial charge in [0.15, 0.2) is 0 Å². The summed E-state index contributed by atoms with van der Waals surface area (Å²) in [5.74, 6) is 0. The van der Waals surface area contributed by atoms with E-state index in [1.54, 1.807) is 11.8 Å². The van der Waals surface area contributed by atoms with E-state index >= 15 is 0 Å². The van der Waals surface area contributed by atoms with Crippen molar-refractivity contribution in [3.63, 3.8) is 0 Å². The highest BCUT2D eigenvalue weighted by molar-refractivity contribution is 8.14. The van der Waals surface area contributed by atoms with Crippen molar-refractivity contribution in [2.45, 2.75) is 24.3 Å². The van der Waals surface area contributed by atoms with Crippen LogP contribution >= 0.6 is 11.8 Å². The van der Waals surface area contributed by atoms with Crippen molar-refractivity contribution in [1.29, 1.82) is 0 Å². The molecule has 0 spiro atoms. The van der Waals surface area contributed by atoms with Crippen molar-refractivity contribution in [2.24, 2.45) is 10.7 Å². The molecule has 0 aromatic heterocycles. The monoisotopic (exact) mass is 206 g/mol. The topological polar surface area (TPSA) is 38.4 Å². The van der Waals surface area contributed by atoms with E-state index in [9.17, 15) is 0 Å². The Morgan fingerprint density at radius 1 is 1.36 bits per heavy atom. The summed E-state index contributed by atoms with van der Waals surface area (Å²) in [5, 5.41) is 1.02. The van der Waals surface area contributed by atoms with Crippen LogP contribution in [0.3, 0.4) is 0 Å². The number of hydrogen-bond donors (Lipinski definition) is 1. The molecule has 2 nitrogen and oxygen atoms in total. The van der Waals surface area contributed by atoms with Crippen LogP contribution in [-0.2, 0) is 5.54 Å². The standard InChI is InChI=1S/C11H14N2S/c1-11(2)8-5-3-4-6-9(8)14-10(7-12)13-11/h3-6H,7,12H2,1-2H3. The van der Waals surface area contributed by atoms with E-state index in [1.807, 2.05) is 0 Å². The maximum Gasteiger partial charge on any atom is 0.0870 e. The first kappa shape index (κ1) is 9.74. The molecule has 0 saturated carbocycles. The van der Waals surface area contributed by atoms with E-state index < -0.39 is 0 Å². The summed E-state index contributed by atoms with van der Waals surface area (Å²) in [6, 6.07) is 8.39. The lowest BCUT2D eigenvalue weighted by Crippen LogP contribution is -2.24. The summed E-state index contributed by atoms with van der Waals surface area (Å²) in [5.41, 5.74) is 6.80. The van der Waals surface area contributed by atoms with Gasteiger partial charge < -0.3 is 5.73 Å². The van der Waals surface area contributed by atoms with Gasteiger partial charge in [0.25, 0.3) is 0 Å². The van der Waals surface area contributed by atoms with Gasteiger partial charge in [-0.05, 0) is 25.5 Å². The second-order valence-electron chi connectivity index (χ2n) is 3.87. The quantitative estimate of drug-likeness (QED) is 0.766. The molecule has 0 fully saturated rings. The highest BCUT2D eigenvalue weighted by Gasteiger charge is 2.27. The van der Waals surface area contributed by atoms with Crippen LogP contribution in [0.2, 0.25) is 0 Å². The molecule has 74 valence electrons. The summed E-state index contributed by atoms with van der Waals surface area (Å²) in [6.45, 7) is 4.78. The van der Waals surface area contributed by atoms with Gasteiger partial charge in [0.1, 0.15) is 0 Å². The minimum atomic E-state index is -0.128. The predicted molar refractivity (Wildman–Crippen MR) is 61.8 cm³/mol. The lowest BCUT2D eigenvalue weighted by molar-refractivity contribution is 0.545. The number of nitrogens with zero attached hydrogens (tertiary/aromatic N) is 1. The number of benzene rings is 1. The molecule has 0 unspecified atom stereocenters. The van der Waals surface area contributed by atoms with Gasteiger partial charge in [-0.3, -0.25) is 4.99 Å². The van der Waals surface area contributed by atoms with Crippen molar-refractivity contribution in [3.8, 4) is 0 Å². The fourth-order valence-electron chi connectivity index (χ4n) is 1.67. The van der Waals surface area contributed by atoms with Gasteiger partial charge in [0.05, 0.1) is 10.6 Å². The van der Waals surface area contributed by atoms with Gasteiger partial charge in [-0.15, -0.1) is 0 Å². The van der Waals surface area contributed by atoms with Crippen molar-refractivity contribution >= 4 is 16.8 Å². The van der Waals surface area contributed by atoms with Crippen LogP contribution in [-0.4, -0.2) is 11.6 Å². The van der Waals surface area contributed by atoms with Crippen molar-refractivity contribution in [2.75, 3.05) is 6.54 Å². The lowest BCUT2D eigenvalue weighted by Gasteiger charge is -2.28. The first-order valence-corrected chi connectivity index (χ1v) is 5.51. The van der Waals surface area contributed by atoms with Crippen LogP contribution in [0.15, 0.2) is 34.2 Å². The van der Waals surface area contributed by atoms with Gasteiger partial charge in [0.2, 0.25) is 0 Å². The number of hydrogen-bond acceptors (Lipinski definition) is 3. The Morgan fingerprint density at radius 3 is 2.79 bits per heavy atom. The molecular formula is C11H14N2S. The van der Waals surface area contributed by atoms with Gasteiger partial charge in [-0.1, -0.05) is 30.0 Å². The Labute approximate surface area is 88.6 Å². The summed E-state index contributed by atoms with van der Waals surface area (Å²) < 4.78 is 0. The summed E-state index contributed by atoms with van der Waals surface area (Å²) in [6.07, 6.45) is 0. The summed E-state index contributed by atoms with van der Waals surface area (Å²) in [4.78, 5) is 5.91. The Bertz CT molecular complexity index is 383. The average Bonchev–Trinajstić information content (AvgIpc) is 2.17. The zero-order valence-corrected chi connectivity index (χ0v) is 9.27. The lowest BCUT2D eigenvalue weighted by atomic mass is 9.95. The average molecular weight is 206 g/mol. The molecule has 0 atom stereocenters. The van der Waals surface area contributed by atoms with Crippen molar-refractivity contribution < 1.29 is 0 Å². The van der Waals surface area contributed by atoms with Gasteiger partial charge in [0, 0.05) is 11.4 Å². The number of fused-ring (bicyclic) bond motifs is 1. The van der Waals surface area contributed by atoms with E-state index in [-0.39, 0.29) is 5.54 Å². The van der Waals surface area contributed by atoms with Crippen LogP contribution in [0.25, 0.3) is 0 Å². The highest BCUT2D eigenvalue weighted by Crippen LogP contribution is 2.39. The first-order chi connectivity index (χ1) is 6.63. The minimum absolute atomic E-state index is 0.128. The summed E-state index contributed by atoms with van der Waals surface area (Å²) in [7, 11) is 0. The second-order valence-corrected chi connectivity index (χ2v) is 4.98. The van der Waals surface area contributed by atoms with E-state index in [4.69, 9.17) is 5.73 Å². The molecule has 2 N–H and O–H groups in total. The number of nitrogens with two attached hydrogens (primary N) is 1. The molecule has 0 radical (unpaired) electrons. The van der Waals surface area contributed by atoms with E-state index in [1.165, 1.54) is 10.5 Å². The maximum atomic E-state index is 5.63. The van der Waals surface area contributed by atoms with E-state index in [0.29, 0.717) is 6.54 Å². The van der Waals surface area contributed by atoms with Crippen molar-refractivity contribution in [3.05, 3.63) is 29.8 Å². The van der Waals surface area contributed by atoms with Crippen LogP contribution < -0.4 is 5.73 Å². The Hall–Kier alpha value is -0.800. The van der Waals surface area contributed by atoms with Gasteiger partial charge in [-0.2, -0.15) is 0 Å². The van der Waals surface area contributed by atoms with Gasteiger partial charge >= 0.3 is 0 Å². The number of thioether (sulfide) groups is 1. The molecule has 0 saturated heterocycles. The van der Waals surface area contributed by atoms with E-state index in [0.717, 1.165) is 5.04 Å². The predicted octanol–water partition coefficient (Wildman–Crippen LogP) is 2.38. The molecule has 1 aliphatic heterocycles. The molecule has 0 amide bonds. The number of rotatable bonds is 1. The third kappa shape index (κ3) is 1.57. The third-order valence-electron chi connectivity index (χ3n) is 2.35. The molecule has 1 aromatic carbocycles. The molecule has 1 aliphatic rings. The molecular weight excluding hydrogens is 192 g/mol. The smallest absolute Gasteiger partial charge is 0.0870 e. The minimum Gasteiger partial charge on any atom is -0.325 e. The van der Waals surface area contributed by atoms with Crippen LogP contribution in [0.1, 0.15) is 19.4 Å². The molecule has 14 heavy (non-hydrogen) atoms. The zero-order valence-electron chi connectivity index (χ0n) is 8.45. The molecule has 2 rings (SSSR count). The third-order valence-corrected chi connectivity index (χ3v) is 3.42. The Balaban J connectivity index is 2.51. The largest absolute Gasteiger partial charge is 0.325 e. The highest BCUT2D eigenvalue weighted by atomic mass is 32.2. The van der Waals surface area contributed by atoms with Crippen LogP contribution in [0.5, 0.6) is 0 Å². The fourth-order valence-corrected chi connectivity index (χ4v) is 2.86. The fraction of sp³-hybridized carbons (Fsp3) is 0.364. The second kappa shape index (κ2) is 3.41. The molecule has 0 bridgehead atoms. The normalized spacial score (nSPS) is 18.6. The zero-order chi connectivity index (χ0) is 10.2. The number of aliphatic imine (C=N–C) groups is 1. The molecule has 3 heteroatoms.